The van der Waals surface area contributed by atoms with E-state index in [4.69, 9.17) is 0 Å². The molecule has 132 valence electrons. The van der Waals surface area contributed by atoms with Crippen LogP contribution in [0.15, 0.2) is 39.9 Å². The highest BCUT2D eigenvalue weighted by atomic mass is 16.2. The third-order valence-electron chi connectivity index (χ3n) is 4.45. The molecule has 0 bridgehead atoms. The normalized spacial score (nSPS) is 17.6. The summed E-state index contributed by atoms with van der Waals surface area (Å²) >= 11 is 0. The van der Waals surface area contributed by atoms with E-state index in [0.717, 1.165) is 32.1 Å². The Morgan fingerprint density at radius 1 is 1.24 bits per heavy atom. The summed E-state index contributed by atoms with van der Waals surface area (Å²) in [7, 11) is 0. The molecule has 1 atom stereocenters. The third kappa shape index (κ3) is 4.67. The minimum Gasteiger partial charge on any atom is -0.350 e. The SMILES string of the molecule is Cc1ccc(CN2CC[C@H](CNC(=O)c3cc(=O)[nH]c(=O)[nH]3)C2)cc1. The second-order valence-corrected chi connectivity index (χ2v) is 6.59. The van der Waals surface area contributed by atoms with Gasteiger partial charge in [-0.15, -0.1) is 0 Å². The van der Waals surface area contributed by atoms with Gasteiger partial charge in [-0.3, -0.25) is 19.5 Å². The van der Waals surface area contributed by atoms with Gasteiger partial charge in [0.15, 0.2) is 0 Å². The van der Waals surface area contributed by atoms with Crippen molar-refractivity contribution >= 4 is 5.91 Å². The van der Waals surface area contributed by atoms with Gasteiger partial charge in [0.25, 0.3) is 11.5 Å². The van der Waals surface area contributed by atoms with Crippen molar-refractivity contribution < 1.29 is 4.79 Å². The molecule has 0 radical (unpaired) electrons. The van der Waals surface area contributed by atoms with E-state index in [1.807, 2.05) is 4.98 Å². The lowest BCUT2D eigenvalue weighted by molar-refractivity contribution is 0.0941. The molecule has 2 aromatic rings. The quantitative estimate of drug-likeness (QED) is 0.742. The Kier molecular flexibility index (Phi) is 5.14. The van der Waals surface area contributed by atoms with Crippen molar-refractivity contribution in [1.82, 2.24) is 20.2 Å². The van der Waals surface area contributed by atoms with E-state index in [2.05, 4.69) is 46.4 Å². The summed E-state index contributed by atoms with van der Waals surface area (Å²) in [6.45, 7) is 5.42. The van der Waals surface area contributed by atoms with E-state index >= 15 is 0 Å². The molecule has 1 saturated heterocycles. The number of aromatic nitrogens is 2. The first-order valence-electron chi connectivity index (χ1n) is 8.39. The van der Waals surface area contributed by atoms with Crippen molar-refractivity contribution in [3.8, 4) is 0 Å². The molecule has 2 heterocycles. The number of carbonyl (C=O) groups is 1. The van der Waals surface area contributed by atoms with Gasteiger partial charge in [0.1, 0.15) is 5.69 Å². The van der Waals surface area contributed by atoms with Crippen LogP contribution in [-0.2, 0) is 6.54 Å². The number of nitrogens with zero attached hydrogens (tertiary/aromatic N) is 1. The molecule has 7 heteroatoms. The first-order valence-corrected chi connectivity index (χ1v) is 8.39. The summed E-state index contributed by atoms with van der Waals surface area (Å²) in [5.74, 6) is -0.0664. The van der Waals surface area contributed by atoms with Crippen molar-refractivity contribution in [2.75, 3.05) is 19.6 Å². The average molecular weight is 342 g/mol. The highest BCUT2D eigenvalue weighted by Gasteiger charge is 2.23. The molecular formula is C18H22N4O3. The maximum absolute atomic E-state index is 12.1. The largest absolute Gasteiger partial charge is 0.350 e. The van der Waals surface area contributed by atoms with Crippen LogP contribution >= 0.6 is 0 Å². The maximum Gasteiger partial charge on any atom is 0.326 e. The summed E-state index contributed by atoms with van der Waals surface area (Å²) < 4.78 is 0. The van der Waals surface area contributed by atoms with Crippen LogP contribution in [0.1, 0.15) is 28.0 Å². The Morgan fingerprint density at radius 2 is 2.00 bits per heavy atom. The van der Waals surface area contributed by atoms with Crippen molar-refractivity contribution in [3.05, 3.63) is 68.0 Å². The van der Waals surface area contributed by atoms with Crippen molar-refractivity contribution in [1.29, 1.82) is 0 Å². The highest BCUT2D eigenvalue weighted by molar-refractivity contribution is 5.91. The molecule has 0 saturated carbocycles. The molecule has 1 amide bonds. The number of aryl methyl sites for hydroxylation is 1. The summed E-state index contributed by atoms with van der Waals surface area (Å²) in [5, 5.41) is 2.80. The molecule has 3 N–H and O–H groups in total. The van der Waals surface area contributed by atoms with E-state index in [-0.39, 0.29) is 5.69 Å². The van der Waals surface area contributed by atoms with Crippen molar-refractivity contribution in [3.63, 3.8) is 0 Å². The van der Waals surface area contributed by atoms with E-state index < -0.39 is 17.2 Å². The topological polar surface area (TPSA) is 98.1 Å². The Bertz CT molecular complexity index is 825. The molecule has 0 spiro atoms. The molecule has 1 aromatic heterocycles. The van der Waals surface area contributed by atoms with Gasteiger partial charge < -0.3 is 10.3 Å². The van der Waals surface area contributed by atoms with Crippen LogP contribution < -0.4 is 16.6 Å². The highest BCUT2D eigenvalue weighted by Crippen LogP contribution is 2.18. The van der Waals surface area contributed by atoms with Crippen LogP contribution in [0.3, 0.4) is 0 Å². The fourth-order valence-corrected chi connectivity index (χ4v) is 3.10. The van der Waals surface area contributed by atoms with Crippen molar-refractivity contribution in [2.45, 2.75) is 19.9 Å². The standard InChI is InChI=1S/C18H22N4O3/c1-12-2-4-13(5-3-12)10-22-7-6-14(11-22)9-19-17(24)15-8-16(23)21-18(25)20-15/h2-5,8,14H,6-7,9-11H2,1H3,(H,19,24)(H2,20,21,23,25)/t14-/m1/s1. The maximum atomic E-state index is 12.1. The summed E-state index contributed by atoms with van der Waals surface area (Å²) in [6, 6.07) is 9.62. The monoisotopic (exact) mass is 342 g/mol. The first kappa shape index (κ1) is 17.2. The van der Waals surface area contributed by atoms with Gasteiger partial charge in [0.05, 0.1) is 0 Å². The van der Waals surface area contributed by atoms with Crippen LogP contribution in [0.5, 0.6) is 0 Å². The van der Waals surface area contributed by atoms with E-state index in [1.165, 1.54) is 11.1 Å². The predicted octanol–water partition coefficient (Wildman–Crippen LogP) is 0.624. The van der Waals surface area contributed by atoms with Gasteiger partial charge in [-0.2, -0.15) is 0 Å². The number of amides is 1. The smallest absolute Gasteiger partial charge is 0.326 e. The average Bonchev–Trinajstić information content (AvgIpc) is 3.01. The fourth-order valence-electron chi connectivity index (χ4n) is 3.10. The number of benzene rings is 1. The molecular weight excluding hydrogens is 320 g/mol. The summed E-state index contributed by atoms with van der Waals surface area (Å²) in [5.41, 5.74) is 1.27. The fraction of sp³-hybridized carbons (Fsp3) is 0.389. The Labute approximate surface area is 145 Å². The number of hydrogen-bond acceptors (Lipinski definition) is 4. The zero-order valence-electron chi connectivity index (χ0n) is 14.2. The van der Waals surface area contributed by atoms with E-state index in [0.29, 0.717) is 12.5 Å². The zero-order valence-corrected chi connectivity index (χ0v) is 14.2. The molecule has 1 aliphatic heterocycles. The zero-order chi connectivity index (χ0) is 17.8. The molecule has 25 heavy (non-hydrogen) atoms. The minimum absolute atomic E-state index is 0.0109. The second-order valence-electron chi connectivity index (χ2n) is 6.59. The van der Waals surface area contributed by atoms with Gasteiger partial charge in [-0.05, 0) is 31.4 Å². The predicted molar refractivity (Wildman–Crippen MR) is 94.6 cm³/mol. The number of aromatic amines is 2. The Morgan fingerprint density at radius 3 is 2.72 bits per heavy atom. The number of carbonyl (C=O) groups excluding carboxylic acids is 1. The van der Waals surface area contributed by atoms with Crippen LogP contribution in [0, 0.1) is 12.8 Å². The third-order valence-corrected chi connectivity index (χ3v) is 4.45. The molecule has 0 unspecified atom stereocenters. The van der Waals surface area contributed by atoms with Crippen LogP contribution in [0.2, 0.25) is 0 Å². The number of nitrogens with one attached hydrogen (secondary N) is 3. The van der Waals surface area contributed by atoms with Gasteiger partial charge in [-0.25, -0.2) is 4.79 Å². The lowest BCUT2D eigenvalue weighted by Crippen LogP contribution is -2.34. The minimum atomic E-state index is -0.678. The number of H-pyrrole nitrogens is 2. The van der Waals surface area contributed by atoms with E-state index in [1.54, 1.807) is 0 Å². The van der Waals surface area contributed by atoms with Crippen molar-refractivity contribution in [2.24, 2.45) is 5.92 Å². The summed E-state index contributed by atoms with van der Waals surface area (Å²) in [4.78, 5) is 41.3. The number of rotatable bonds is 5. The molecule has 0 aliphatic carbocycles. The second kappa shape index (κ2) is 7.48. The Balaban J connectivity index is 1.49. The lowest BCUT2D eigenvalue weighted by Gasteiger charge is -2.16. The molecule has 1 aliphatic rings. The number of likely N-dealkylation sites (tertiary alicyclic amines) is 1. The van der Waals surface area contributed by atoms with Crippen LogP contribution in [0.4, 0.5) is 0 Å². The van der Waals surface area contributed by atoms with Gasteiger partial charge in [-0.1, -0.05) is 29.8 Å². The molecule has 1 fully saturated rings. The Hall–Kier alpha value is -2.67. The lowest BCUT2D eigenvalue weighted by atomic mass is 10.1. The van der Waals surface area contributed by atoms with Gasteiger partial charge in [0, 0.05) is 25.7 Å². The number of hydrogen-bond donors (Lipinski definition) is 3. The summed E-state index contributed by atoms with van der Waals surface area (Å²) in [6.07, 6.45) is 1.01. The van der Waals surface area contributed by atoms with Crippen LogP contribution in [-0.4, -0.2) is 40.4 Å². The van der Waals surface area contributed by atoms with E-state index in [9.17, 15) is 14.4 Å². The first-order chi connectivity index (χ1) is 12.0. The van der Waals surface area contributed by atoms with Crippen LogP contribution in [0.25, 0.3) is 0 Å². The van der Waals surface area contributed by atoms with Gasteiger partial charge >= 0.3 is 5.69 Å². The van der Waals surface area contributed by atoms with Gasteiger partial charge in [0.2, 0.25) is 0 Å². The molecule has 7 nitrogen and oxygen atoms in total. The molecule has 1 aromatic carbocycles. The molecule has 3 rings (SSSR count).